The fourth-order valence-electron chi connectivity index (χ4n) is 2.73. The third kappa shape index (κ3) is 5.93. The average molecular weight is 392 g/mol. The number of hydrogen-bond donors (Lipinski definition) is 2. The number of carbonyl (C=O) groups is 1. The molecule has 2 aromatic carbocycles. The highest BCUT2D eigenvalue weighted by atomic mass is 16.5. The Kier molecular flexibility index (Phi) is 7.00. The first-order chi connectivity index (χ1) is 14.2. The highest BCUT2D eigenvalue weighted by molar-refractivity contribution is 5.92. The predicted molar refractivity (Wildman–Crippen MR) is 111 cm³/mol. The van der Waals surface area contributed by atoms with E-state index in [0.29, 0.717) is 18.9 Å². The van der Waals surface area contributed by atoms with E-state index in [2.05, 4.69) is 20.8 Å². The second-order valence-corrected chi connectivity index (χ2v) is 6.36. The molecule has 2 N–H and O–H groups in total. The molecule has 7 nitrogen and oxygen atoms in total. The van der Waals surface area contributed by atoms with Gasteiger partial charge in [-0.3, -0.25) is 4.79 Å². The number of aromatic nitrogens is 2. The van der Waals surface area contributed by atoms with E-state index in [9.17, 15) is 4.79 Å². The molecule has 0 aliphatic carbocycles. The van der Waals surface area contributed by atoms with Gasteiger partial charge >= 0.3 is 0 Å². The molecule has 0 atom stereocenters. The number of rotatable bonds is 9. The summed E-state index contributed by atoms with van der Waals surface area (Å²) in [6.07, 6.45) is 0.822. The lowest BCUT2D eigenvalue weighted by molar-refractivity contribution is 0.0945. The molecule has 0 bridgehead atoms. The first-order valence-electron chi connectivity index (χ1n) is 9.29. The topological polar surface area (TPSA) is 85.4 Å². The Bertz CT molecular complexity index is 928. The molecule has 150 valence electrons. The number of nitrogens with one attached hydrogen (secondary N) is 2. The fourth-order valence-corrected chi connectivity index (χ4v) is 2.73. The number of anilines is 1. The van der Waals surface area contributed by atoms with Crippen LogP contribution in [0.2, 0.25) is 0 Å². The van der Waals surface area contributed by atoms with Crippen molar-refractivity contribution in [2.24, 2.45) is 0 Å². The zero-order valence-electron chi connectivity index (χ0n) is 16.5. The van der Waals surface area contributed by atoms with Gasteiger partial charge in [0.1, 0.15) is 17.3 Å². The summed E-state index contributed by atoms with van der Waals surface area (Å²) in [5.74, 6) is 1.98. The van der Waals surface area contributed by atoms with Gasteiger partial charge < -0.3 is 20.1 Å². The lowest BCUT2D eigenvalue weighted by Crippen LogP contribution is -2.24. The van der Waals surface area contributed by atoms with Crippen LogP contribution in [0.1, 0.15) is 21.6 Å². The van der Waals surface area contributed by atoms with Crippen molar-refractivity contribution < 1.29 is 14.3 Å². The molecule has 0 radical (unpaired) electrons. The minimum atomic E-state index is -0.267. The van der Waals surface area contributed by atoms with Gasteiger partial charge in [0.15, 0.2) is 5.69 Å². The number of carbonyl (C=O) groups excluding carboxylic acids is 1. The quantitative estimate of drug-likeness (QED) is 0.582. The fraction of sp³-hybridized carbons (Fsp3) is 0.227. The smallest absolute Gasteiger partial charge is 0.272 e. The van der Waals surface area contributed by atoms with Crippen LogP contribution in [0.5, 0.6) is 11.5 Å². The standard InChI is InChI=1S/C22H24N4O3/c1-28-18-8-6-17(7-9-18)15-24-22(27)20-10-11-21(26-25-20)23-13-12-16-4-3-5-19(14-16)29-2/h3-11,14H,12-13,15H2,1-2H3,(H,23,26)(H,24,27). The molecular weight excluding hydrogens is 368 g/mol. The molecule has 0 spiro atoms. The minimum Gasteiger partial charge on any atom is -0.497 e. The number of ether oxygens (including phenoxy) is 2. The molecule has 7 heteroatoms. The minimum absolute atomic E-state index is 0.267. The first-order valence-corrected chi connectivity index (χ1v) is 9.29. The molecule has 0 unspecified atom stereocenters. The Hall–Kier alpha value is -3.61. The summed E-state index contributed by atoms with van der Waals surface area (Å²) in [6, 6.07) is 18.9. The van der Waals surface area contributed by atoms with Gasteiger partial charge in [-0.1, -0.05) is 24.3 Å². The van der Waals surface area contributed by atoms with E-state index in [-0.39, 0.29) is 11.6 Å². The molecule has 3 rings (SSSR count). The zero-order chi connectivity index (χ0) is 20.5. The summed E-state index contributed by atoms with van der Waals surface area (Å²) in [7, 11) is 3.27. The first kappa shape index (κ1) is 20.1. The summed E-state index contributed by atoms with van der Waals surface area (Å²) in [5.41, 5.74) is 2.42. The van der Waals surface area contributed by atoms with E-state index in [4.69, 9.17) is 9.47 Å². The van der Waals surface area contributed by atoms with E-state index in [1.807, 2.05) is 48.5 Å². The molecule has 1 aromatic heterocycles. The SMILES string of the molecule is COc1ccc(CNC(=O)c2ccc(NCCc3cccc(OC)c3)nn2)cc1. The van der Waals surface area contributed by atoms with E-state index >= 15 is 0 Å². The van der Waals surface area contributed by atoms with E-state index in [1.54, 1.807) is 26.4 Å². The summed E-state index contributed by atoms with van der Waals surface area (Å²) < 4.78 is 10.3. The van der Waals surface area contributed by atoms with Crippen LogP contribution in [-0.2, 0) is 13.0 Å². The molecule has 3 aromatic rings. The maximum absolute atomic E-state index is 12.2. The number of amides is 1. The zero-order valence-corrected chi connectivity index (χ0v) is 16.5. The molecule has 0 saturated heterocycles. The van der Waals surface area contributed by atoms with Crippen molar-refractivity contribution in [1.82, 2.24) is 15.5 Å². The van der Waals surface area contributed by atoms with Crippen LogP contribution in [-0.4, -0.2) is 36.9 Å². The van der Waals surface area contributed by atoms with Gasteiger partial charge in [0, 0.05) is 13.1 Å². The van der Waals surface area contributed by atoms with E-state index in [1.165, 1.54) is 5.56 Å². The Morgan fingerprint density at radius 3 is 2.38 bits per heavy atom. The normalized spacial score (nSPS) is 10.3. The molecule has 0 saturated carbocycles. The molecule has 1 amide bonds. The number of nitrogens with zero attached hydrogens (tertiary/aromatic N) is 2. The molecular formula is C22H24N4O3. The van der Waals surface area contributed by atoms with Crippen LogP contribution in [0.15, 0.2) is 60.7 Å². The van der Waals surface area contributed by atoms with Crippen LogP contribution in [0.4, 0.5) is 5.82 Å². The van der Waals surface area contributed by atoms with Gasteiger partial charge in [-0.05, 0) is 53.9 Å². The van der Waals surface area contributed by atoms with Gasteiger partial charge in [0.25, 0.3) is 5.91 Å². The van der Waals surface area contributed by atoms with Crippen LogP contribution in [0.25, 0.3) is 0 Å². The number of methoxy groups -OCH3 is 2. The Labute approximate surface area is 170 Å². The summed E-state index contributed by atoms with van der Waals surface area (Å²) in [6.45, 7) is 1.11. The van der Waals surface area contributed by atoms with Crippen molar-refractivity contribution in [3.05, 3.63) is 77.5 Å². The summed E-state index contributed by atoms with van der Waals surface area (Å²) >= 11 is 0. The van der Waals surface area contributed by atoms with Gasteiger partial charge in [-0.2, -0.15) is 0 Å². The lowest BCUT2D eigenvalue weighted by Gasteiger charge is -2.08. The van der Waals surface area contributed by atoms with Crippen molar-refractivity contribution in [1.29, 1.82) is 0 Å². The second kappa shape index (κ2) is 10.1. The summed E-state index contributed by atoms with van der Waals surface area (Å²) in [4.78, 5) is 12.2. The number of hydrogen-bond acceptors (Lipinski definition) is 6. The van der Waals surface area contributed by atoms with Crippen molar-refractivity contribution in [2.45, 2.75) is 13.0 Å². The third-order valence-electron chi connectivity index (χ3n) is 4.36. The highest BCUT2D eigenvalue weighted by Crippen LogP contribution is 2.13. The largest absolute Gasteiger partial charge is 0.497 e. The molecule has 0 aliphatic heterocycles. The van der Waals surface area contributed by atoms with Crippen molar-refractivity contribution in [2.75, 3.05) is 26.1 Å². The molecule has 29 heavy (non-hydrogen) atoms. The molecule has 1 heterocycles. The second-order valence-electron chi connectivity index (χ2n) is 6.36. The van der Waals surface area contributed by atoms with Crippen molar-refractivity contribution in [3.8, 4) is 11.5 Å². The van der Waals surface area contributed by atoms with Gasteiger partial charge in [-0.15, -0.1) is 10.2 Å². The van der Waals surface area contributed by atoms with Gasteiger partial charge in [0.05, 0.1) is 14.2 Å². The van der Waals surface area contributed by atoms with Crippen LogP contribution >= 0.6 is 0 Å². The van der Waals surface area contributed by atoms with Crippen molar-refractivity contribution in [3.63, 3.8) is 0 Å². The predicted octanol–water partition coefficient (Wildman–Crippen LogP) is 3.08. The Morgan fingerprint density at radius 1 is 0.897 bits per heavy atom. The lowest BCUT2D eigenvalue weighted by atomic mass is 10.1. The average Bonchev–Trinajstić information content (AvgIpc) is 2.78. The third-order valence-corrected chi connectivity index (χ3v) is 4.36. The van der Waals surface area contributed by atoms with Gasteiger partial charge in [0.2, 0.25) is 0 Å². The monoisotopic (exact) mass is 392 g/mol. The number of benzene rings is 2. The Morgan fingerprint density at radius 2 is 1.69 bits per heavy atom. The van der Waals surface area contributed by atoms with Crippen molar-refractivity contribution >= 4 is 11.7 Å². The molecule has 0 aliphatic rings. The van der Waals surface area contributed by atoms with Crippen LogP contribution in [0, 0.1) is 0 Å². The maximum Gasteiger partial charge on any atom is 0.272 e. The van der Waals surface area contributed by atoms with Gasteiger partial charge in [-0.25, -0.2) is 0 Å². The molecule has 0 fully saturated rings. The van der Waals surface area contributed by atoms with E-state index < -0.39 is 0 Å². The van der Waals surface area contributed by atoms with Crippen LogP contribution < -0.4 is 20.1 Å². The van der Waals surface area contributed by atoms with Crippen LogP contribution in [0.3, 0.4) is 0 Å². The Balaban J connectivity index is 1.46. The maximum atomic E-state index is 12.2. The van der Waals surface area contributed by atoms with E-state index in [0.717, 1.165) is 23.5 Å². The highest BCUT2D eigenvalue weighted by Gasteiger charge is 2.08. The summed E-state index contributed by atoms with van der Waals surface area (Å²) in [5, 5.41) is 14.1.